The summed E-state index contributed by atoms with van der Waals surface area (Å²) < 4.78 is 11.8. The van der Waals surface area contributed by atoms with Crippen LogP contribution in [0.3, 0.4) is 0 Å². The van der Waals surface area contributed by atoms with Gasteiger partial charge in [0.15, 0.2) is 0 Å². The number of nitrogens with zero attached hydrogens (tertiary/aromatic N) is 1. The molecule has 1 aromatic rings. The van der Waals surface area contributed by atoms with Gasteiger partial charge in [0, 0.05) is 25.2 Å². The van der Waals surface area contributed by atoms with Gasteiger partial charge >= 0.3 is 0 Å². The SMILES string of the molecule is O=Cc1ccc(OCCN2CCOCC2)c(Br)c1. The normalized spacial score (nSPS) is 16.5. The second kappa shape index (κ2) is 6.87. The average molecular weight is 314 g/mol. The van der Waals surface area contributed by atoms with Crippen LogP contribution in [-0.2, 0) is 4.74 Å². The highest BCUT2D eigenvalue weighted by Gasteiger charge is 2.10. The number of hydrogen-bond donors (Lipinski definition) is 0. The Labute approximate surface area is 115 Å². The van der Waals surface area contributed by atoms with Gasteiger partial charge in [-0.2, -0.15) is 0 Å². The molecule has 0 bridgehead atoms. The summed E-state index contributed by atoms with van der Waals surface area (Å²) in [5.41, 5.74) is 0.641. The minimum Gasteiger partial charge on any atom is -0.491 e. The minimum absolute atomic E-state index is 0.638. The summed E-state index contributed by atoms with van der Waals surface area (Å²) in [5.74, 6) is 0.772. The van der Waals surface area contributed by atoms with Crippen molar-refractivity contribution in [2.45, 2.75) is 0 Å². The van der Waals surface area contributed by atoms with Crippen molar-refractivity contribution in [3.05, 3.63) is 28.2 Å². The molecule has 1 aromatic carbocycles. The Morgan fingerprint density at radius 1 is 1.39 bits per heavy atom. The van der Waals surface area contributed by atoms with Crippen LogP contribution in [0.1, 0.15) is 10.4 Å². The van der Waals surface area contributed by atoms with Gasteiger partial charge in [-0.05, 0) is 34.1 Å². The number of halogens is 1. The number of morpholine rings is 1. The van der Waals surface area contributed by atoms with Crippen molar-refractivity contribution in [1.29, 1.82) is 0 Å². The third-order valence-corrected chi connectivity index (χ3v) is 3.48. The first-order chi connectivity index (χ1) is 8.79. The number of benzene rings is 1. The monoisotopic (exact) mass is 313 g/mol. The summed E-state index contributed by atoms with van der Waals surface area (Å²) in [4.78, 5) is 12.9. The molecule has 1 heterocycles. The van der Waals surface area contributed by atoms with Gasteiger partial charge in [0.1, 0.15) is 18.6 Å². The standard InChI is InChI=1S/C13H16BrNO3/c14-12-9-11(10-16)1-2-13(12)18-8-5-15-3-6-17-7-4-15/h1-2,9-10H,3-8H2. The highest BCUT2D eigenvalue weighted by atomic mass is 79.9. The van der Waals surface area contributed by atoms with Gasteiger partial charge in [-0.3, -0.25) is 9.69 Å². The predicted octanol–water partition coefficient (Wildman–Crippen LogP) is 1.97. The molecule has 2 rings (SSSR count). The molecule has 4 nitrogen and oxygen atoms in total. The van der Waals surface area contributed by atoms with Crippen molar-refractivity contribution < 1.29 is 14.3 Å². The van der Waals surface area contributed by atoms with Gasteiger partial charge in [0.25, 0.3) is 0 Å². The molecule has 1 fully saturated rings. The van der Waals surface area contributed by atoms with Gasteiger partial charge in [-0.15, -0.1) is 0 Å². The summed E-state index contributed by atoms with van der Waals surface area (Å²) >= 11 is 3.40. The maximum atomic E-state index is 10.6. The summed E-state index contributed by atoms with van der Waals surface area (Å²) in [7, 11) is 0. The summed E-state index contributed by atoms with van der Waals surface area (Å²) in [6, 6.07) is 5.33. The molecule has 0 atom stereocenters. The van der Waals surface area contributed by atoms with Gasteiger partial charge in [0.2, 0.25) is 0 Å². The number of carbonyl (C=O) groups is 1. The topological polar surface area (TPSA) is 38.8 Å². The van der Waals surface area contributed by atoms with E-state index in [1.165, 1.54) is 0 Å². The minimum atomic E-state index is 0.638. The van der Waals surface area contributed by atoms with Crippen LogP contribution in [0.15, 0.2) is 22.7 Å². The fourth-order valence-corrected chi connectivity index (χ4v) is 2.33. The third kappa shape index (κ3) is 3.80. The van der Waals surface area contributed by atoms with Crippen molar-refractivity contribution in [3.8, 4) is 5.75 Å². The van der Waals surface area contributed by atoms with Crippen LogP contribution < -0.4 is 4.74 Å². The van der Waals surface area contributed by atoms with E-state index in [0.29, 0.717) is 12.2 Å². The van der Waals surface area contributed by atoms with Crippen LogP contribution in [0.5, 0.6) is 5.75 Å². The molecule has 0 aliphatic carbocycles. The van der Waals surface area contributed by atoms with E-state index in [1.54, 1.807) is 12.1 Å². The Morgan fingerprint density at radius 2 is 2.17 bits per heavy atom. The molecule has 0 unspecified atom stereocenters. The summed E-state index contributed by atoms with van der Waals surface area (Å²) in [6.45, 7) is 5.07. The lowest BCUT2D eigenvalue weighted by atomic mass is 10.2. The average Bonchev–Trinajstić information content (AvgIpc) is 2.42. The molecule has 1 aliphatic rings. The molecule has 0 amide bonds. The molecule has 18 heavy (non-hydrogen) atoms. The molecule has 1 aliphatic heterocycles. The molecule has 0 saturated carbocycles. The Bertz CT molecular complexity index is 405. The number of carbonyl (C=O) groups excluding carboxylic acids is 1. The Morgan fingerprint density at radius 3 is 2.83 bits per heavy atom. The molecule has 0 N–H and O–H groups in total. The second-order valence-electron chi connectivity index (χ2n) is 4.11. The van der Waals surface area contributed by atoms with E-state index >= 15 is 0 Å². The van der Waals surface area contributed by atoms with Gasteiger partial charge in [-0.1, -0.05) is 0 Å². The van der Waals surface area contributed by atoms with Crippen molar-refractivity contribution in [3.63, 3.8) is 0 Å². The lowest BCUT2D eigenvalue weighted by Gasteiger charge is -2.26. The molecule has 0 radical (unpaired) electrons. The van der Waals surface area contributed by atoms with E-state index in [1.807, 2.05) is 6.07 Å². The van der Waals surface area contributed by atoms with Crippen molar-refractivity contribution in [1.82, 2.24) is 4.90 Å². The van der Waals surface area contributed by atoms with Crippen LogP contribution in [0.4, 0.5) is 0 Å². The smallest absolute Gasteiger partial charge is 0.150 e. The number of ether oxygens (including phenoxy) is 2. The second-order valence-corrected chi connectivity index (χ2v) is 4.96. The first-order valence-corrected chi connectivity index (χ1v) is 6.76. The number of rotatable bonds is 5. The van der Waals surface area contributed by atoms with Crippen LogP contribution in [0, 0.1) is 0 Å². The lowest BCUT2D eigenvalue weighted by Crippen LogP contribution is -2.38. The van der Waals surface area contributed by atoms with Gasteiger partial charge in [0.05, 0.1) is 17.7 Å². The Hall–Kier alpha value is -0.910. The van der Waals surface area contributed by atoms with Crippen molar-refractivity contribution >= 4 is 22.2 Å². The van der Waals surface area contributed by atoms with E-state index in [2.05, 4.69) is 20.8 Å². The molecule has 0 spiro atoms. The van der Waals surface area contributed by atoms with Crippen LogP contribution in [-0.4, -0.2) is 50.6 Å². The number of hydrogen-bond acceptors (Lipinski definition) is 4. The molecule has 0 aromatic heterocycles. The van der Waals surface area contributed by atoms with Crippen LogP contribution >= 0.6 is 15.9 Å². The lowest BCUT2D eigenvalue weighted by molar-refractivity contribution is 0.0322. The molecular formula is C13H16BrNO3. The highest BCUT2D eigenvalue weighted by Crippen LogP contribution is 2.25. The third-order valence-electron chi connectivity index (χ3n) is 2.86. The van der Waals surface area contributed by atoms with E-state index in [4.69, 9.17) is 9.47 Å². The van der Waals surface area contributed by atoms with E-state index in [9.17, 15) is 4.79 Å². The Kier molecular flexibility index (Phi) is 5.16. The van der Waals surface area contributed by atoms with E-state index in [-0.39, 0.29) is 0 Å². The zero-order valence-corrected chi connectivity index (χ0v) is 11.7. The zero-order valence-electron chi connectivity index (χ0n) is 10.1. The maximum absolute atomic E-state index is 10.6. The van der Waals surface area contributed by atoms with Gasteiger partial charge < -0.3 is 9.47 Å². The van der Waals surface area contributed by atoms with E-state index < -0.39 is 0 Å². The van der Waals surface area contributed by atoms with Crippen molar-refractivity contribution in [2.24, 2.45) is 0 Å². The predicted molar refractivity (Wildman–Crippen MR) is 72.3 cm³/mol. The molecular weight excluding hydrogens is 298 g/mol. The highest BCUT2D eigenvalue weighted by molar-refractivity contribution is 9.10. The fraction of sp³-hybridized carbons (Fsp3) is 0.462. The van der Waals surface area contributed by atoms with Crippen LogP contribution in [0.2, 0.25) is 0 Å². The molecule has 98 valence electrons. The Balaban J connectivity index is 1.80. The fourth-order valence-electron chi connectivity index (χ4n) is 1.82. The quantitative estimate of drug-likeness (QED) is 0.779. The van der Waals surface area contributed by atoms with Crippen molar-refractivity contribution in [2.75, 3.05) is 39.5 Å². The van der Waals surface area contributed by atoms with E-state index in [0.717, 1.165) is 49.4 Å². The maximum Gasteiger partial charge on any atom is 0.150 e. The summed E-state index contributed by atoms with van der Waals surface area (Å²) in [5, 5.41) is 0. The first-order valence-electron chi connectivity index (χ1n) is 5.97. The zero-order chi connectivity index (χ0) is 12.8. The van der Waals surface area contributed by atoms with Crippen LogP contribution in [0.25, 0.3) is 0 Å². The molecule has 1 saturated heterocycles. The first kappa shape index (κ1) is 13.5. The molecule has 5 heteroatoms. The largest absolute Gasteiger partial charge is 0.491 e. The number of aldehydes is 1. The summed E-state index contributed by atoms with van der Waals surface area (Å²) in [6.07, 6.45) is 0.822. The van der Waals surface area contributed by atoms with Gasteiger partial charge in [-0.25, -0.2) is 0 Å².